The van der Waals surface area contributed by atoms with Crippen molar-refractivity contribution in [3.8, 4) is 5.75 Å². The van der Waals surface area contributed by atoms with E-state index in [-0.39, 0.29) is 23.6 Å². The number of halogens is 4. The van der Waals surface area contributed by atoms with Crippen LogP contribution < -0.4 is 15.7 Å². The molecule has 3 atom stereocenters. The van der Waals surface area contributed by atoms with Gasteiger partial charge in [-0.05, 0) is 61.4 Å². The highest BCUT2D eigenvalue weighted by Gasteiger charge is 2.63. The number of nitrogens with one attached hydrogen (secondary N) is 2. The van der Waals surface area contributed by atoms with Crippen LogP contribution in [0, 0.1) is 11.6 Å². The van der Waals surface area contributed by atoms with Crippen molar-refractivity contribution in [3.05, 3.63) is 109 Å². The Hall–Kier alpha value is -3.69. The predicted molar refractivity (Wildman–Crippen MR) is 143 cm³/mol. The van der Waals surface area contributed by atoms with Gasteiger partial charge < -0.3 is 10.1 Å². The van der Waals surface area contributed by atoms with Crippen molar-refractivity contribution >= 4 is 34.8 Å². The van der Waals surface area contributed by atoms with Crippen LogP contribution in [0.2, 0.25) is 10.0 Å². The molecule has 2 N–H and O–H groups in total. The van der Waals surface area contributed by atoms with E-state index in [1.807, 2.05) is 6.07 Å². The van der Waals surface area contributed by atoms with Crippen LogP contribution in [-0.4, -0.2) is 26.8 Å². The topological polar surface area (TPSA) is 89.0 Å². The molecule has 4 aromatic rings. The van der Waals surface area contributed by atoms with Crippen LogP contribution in [0.25, 0.3) is 0 Å². The lowest BCUT2D eigenvalue weighted by molar-refractivity contribution is -0.123. The van der Waals surface area contributed by atoms with Gasteiger partial charge >= 0.3 is 5.69 Å². The van der Waals surface area contributed by atoms with E-state index < -0.39 is 46.7 Å². The Morgan fingerprint density at radius 2 is 1.85 bits per heavy atom. The maximum absolute atomic E-state index is 16.1. The molecule has 0 saturated carbocycles. The Bertz CT molecular complexity index is 1700. The zero-order valence-corrected chi connectivity index (χ0v) is 22.3. The van der Waals surface area contributed by atoms with Crippen molar-refractivity contribution in [2.24, 2.45) is 0 Å². The Kier molecular flexibility index (Phi) is 6.04. The van der Waals surface area contributed by atoms with Crippen LogP contribution in [-0.2, 0) is 16.6 Å². The number of rotatable bonds is 4. The first-order chi connectivity index (χ1) is 18.6. The fraction of sp³-hybridized carbons (Fsp3) is 0.250. The highest BCUT2D eigenvalue weighted by molar-refractivity contribution is 6.31. The molecule has 2 aliphatic heterocycles. The molecule has 3 aromatic carbocycles. The number of hydrogen-bond acceptors (Lipinski definition) is 4. The second kappa shape index (κ2) is 9.20. The van der Waals surface area contributed by atoms with Crippen molar-refractivity contribution in [1.29, 1.82) is 0 Å². The summed E-state index contributed by atoms with van der Waals surface area (Å²) < 4.78 is 38.2. The molecule has 0 fully saturated rings. The predicted octanol–water partition coefficient (Wildman–Crippen LogP) is 5.76. The van der Waals surface area contributed by atoms with Gasteiger partial charge in [-0.2, -0.15) is 5.10 Å². The van der Waals surface area contributed by atoms with Gasteiger partial charge in [0.1, 0.15) is 17.0 Å². The number of aromatic nitrogens is 3. The summed E-state index contributed by atoms with van der Waals surface area (Å²) >= 11 is 12.7. The van der Waals surface area contributed by atoms with Gasteiger partial charge in [-0.25, -0.2) is 18.7 Å². The number of anilines is 1. The molecule has 1 amide bonds. The molecule has 200 valence electrons. The molecule has 1 aromatic heterocycles. The van der Waals surface area contributed by atoms with Crippen LogP contribution in [0.3, 0.4) is 0 Å². The van der Waals surface area contributed by atoms with E-state index in [0.29, 0.717) is 26.9 Å². The standard InChI is InChI=1S/C28H22Cl2F2N4O3/c1-13(2)39-21-9-8-19(31)24(32)23(21)25-28(17-7-6-16(30)11-20(17)33-26(28)37)18(14-4-3-5-15(29)10-14)12-22-34-35-27(38)36(22)25/h3-11,13,18,25H,12H2,1-2H3,(H,33,37)(H,35,38)/t18-,25+,28-/m0/s1. The first-order valence-electron chi connectivity index (χ1n) is 12.3. The summed E-state index contributed by atoms with van der Waals surface area (Å²) in [6, 6.07) is 12.8. The summed E-state index contributed by atoms with van der Waals surface area (Å²) in [5.41, 5.74) is -1.03. The highest BCUT2D eigenvalue weighted by Crippen LogP contribution is 2.60. The molecule has 0 aliphatic carbocycles. The monoisotopic (exact) mass is 570 g/mol. The van der Waals surface area contributed by atoms with Crippen molar-refractivity contribution in [2.45, 2.75) is 43.7 Å². The fourth-order valence-electron chi connectivity index (χ4n) is 6.05. The Balaban J connectivity index is 1.78. The van der Waals surface area contributed by atoms with E-state index in [1.54, 1.807) is 50.2 Å². The summed E-state index contributed by atoms with van der Waals surface area (Å²) in [6.45, 7) is 3.48. The quantitative estimate of drug-likeness (QED) is 0.326. The van der Waals surface area contributed by atoms with Crippen LogP contribution in [0.4, 0.5) is 14.5 Å². The minimum absolute atomic E-state index is 0.00860. The Morgan fingerprint density at radius 3 is 2.59 bits per heavy atom. The number of hydrogen-bond donors (Lipinski definition) is 2. The smallest absolute Gasteiger partial charge is 0.343 e. The zero-order valence-electron chi connectivity index (χ0n) is 20.8. The summed E-state index contributed by atoms with van der Waals surface area (Å²) in [6.07, 6.45) is -0.288. The number of ether oxygens (including phenoxy) is 1. The number of aromatic amines is 1. The van der Waals surface area contributed by atoms with Gasteiger partial charge in [0, 0.05) is 28.1 Å². The van der Waals surface area contributed by atoms with E-state index in [4.69, 9.17) is 27.9 Å². The molecule has 2 aliphatic rings. The number of nitrogens with zero attached hydrogens (tertiary/aromatic N) is 2. The number of carbonyl (C=O) groups excluding carboxylic acids is 1. The van der Waals surface area contributed by atoms with Crippen LogP contribution in [0.5, 0.6) is 5.75 Å². The zero-order chi connectivity index (χ0) is 27.6. The third kappa shape index (κ3) is 3.78. The number of carbonyl (C=O) groups is 1. The van der Waals surface area contributed by atoms with Crippen molar-refractivity contribution in [1.82, 2.24) is 14.8 Å². The molecule has 39 heavy (non-hydrogen) atoms. The second-order valence-electron chi connectivity index (χ2n) is 9.98. The lowest BCUT2D eigenvalue weighted by Crippen LogP contribution is -2.54. The van der Waals surface area contributed by atoms with E-state index in [9.17, 15) is 14.0 Å². The van der Waals surface area contributed by atoms with Crippen LogP contribution >= 0.6 is 23.2 Å². The maximum Gasteiger partial charge on any atom is 0.343 e. The van der Waals surface area contributed by atoms with Crippen molar-refractivity contribution < 1.29 is 18.3 Å². The molecule has 7 nitrogen and oxygen atoms in total. The SMILES string of the molecule is CC(C)Oc1ccc(F)c(F)c1[C@H]1n2c(n[nH]c2=O)C[C@@H](c2cccc(Cl)c2)[C@]12C(=O)Nc1cc(Cl)ccc12. The summed E-state index contributed by atoms with van der Waals surface area (Å²) in [5, 5.41) is 10.3. The lowest BCUT2D eigenvalue weighted by Gasteiger charge is -2.46. The number of benzene rings is 3. The van der Waals surface area contributed by atoms with E-state index in [0.717, 1.165) is 6.07 Å². The second-order valence-corrected chi connectivity index (χ2v) is 10.9. The van der Waals surface area contributed by atoms with Gasteiger partial charge in [0.25, 0.3) is 0 Å². The van der Waals surface area contributed by atoms with Gasteiger partial charge in [0.15, 0.2) is 11.6 Å². The van der Waals surface area contributed by atoms with Gasteiger partial charge in [-0.3, -0.25) is 9.36 Å². The van der Waals surface area contributed by atoms with Gasteiger partial charge in [0.2, 0.25) is 5.91 Å². The summed E-state index contributed by atoms with van der Waals surface area (Å²) in [5.74, 6) is -3.29. The van der Waals surface area contributed by atoms with Gasteiger partial charge in [0.05, 0.1) is 17.7 Å². The maximum atomic E-state index is 16.1. The van der Waals surface area contributed by atoms with Crippen molar-refractivity contribution in [3.63, 3.8) is 0 Å². The van der Waals surface area contributed by atoms with E-state index in [1.165, 1.54) is 10.6 Å². The van der Waals surface area contributed by atoms with Crippen molar-refractivity contribution in [2.75, 3.05) is 5.32 Å². The lowest BCUT2D eigenvalue weighted by atomic mass is 9.59. The molecule has 0 unspecified atom stereocenters. The summed E-state index contributed by atoms with van der Waals surface area (Å²) in [4.78, 5) is 27.7. The van der Waals surface area contributed by atoms with E-state index in [2.05, 4.69) is 15.5 Å². The number of amides is 1. The average Bonchev–Trinajstić information content (AvgIpc) is 3.38. The minimum Gasteiger partial charge on any atom is -0.491 e. The minimum atomic E-state index is -1.64. The van der Waals surface area contributed by atoms with Gasteiger partial charge in [-0.1, -0.05) is 41.4 Å². The first kappa shape index (κ1) is 25.6. The van der Waals surface area contributed by atoms with Gasteiger partial charge in [-0.15, -0.1) is 0 Å². The summed E-state index contributed by atoms with van der Waals surface area (Å²) in [7, 11) is 0. The molecular weight excluding hydrogens is 549 g/mol. The highest BCUT2D eigenvalue weighted by atomic mass is 35.5. The van der Waals surface area contributed by atoms with E-state index >= 15 is 4.39 Å². The number of fused-ring (bicyclic) bond motifs is 3. The normalized spacial score (nSPS) is 21.7. The molecule has 11 heteroatoms. The molecule has 3 heterocycles. The molecule has 1 spiro atoms. The molecule has 0 saturated heterocycles. The largest absolute Gasteiger partial charge is 0.491 e. The fourth-order valence-corrected chi connectivity index (χ4v) is 6.42. The third-order valence-corrected chi connectivity index (χ3v) is 7.90. The molecule has 6 rings (SSSR count). The average molecular weight is 571 g/mol. The van der Waals surface area contributed by atoms with Crippen LogP contribution in [0.1, 0.15) is 48.3 Å². The first-order valence-corrected chi connectivity index (χ1v) is 13.1. The molecule has 0 bridgehead atoms. The Morgan fingerprint density at radius 1 is 1.08 bits per heavy atom. The van der Waals surface area contributed by atoms with Crippen LogP contribution in [0.15, 0.2) is 59.4 Å². The molecule has 0 radical (unpaired) electrons. The Labute approximate surface area is 231 Å². The third-order valence-electron chi connectivity index (χ3n) is 7.43. The molecular formula is C28H22Cl2F2N4O3. The number of H-pyrrole nitrogens is 1.